The average molecular weight is 250 g/mol. The summed E-state index contributed by atoms with van der Waals surface area (Å²) >= 11 is 0. The fourth-order valence-corrected chi connectivity index (χ4v) is 2.03. The molecule has 19 heavy (non-hydrogen) atoms. The Balaban J connectivity index is 2.10. The minimum Gasteiger partial charge on any atom is -0.384 e. The van der Waals surface area contributed by atoms with Gasteiger partial charge < -0.3 is 5.73 Å². The maximum Gasteiger partial charge on any atom is 0.115 e. The van der Waals surface area contributed by atoms with Gasteiger partial charge in [0.1, 0.15) is 5.84 Å². The Hall–Kier alpha value is -2.35. The summed E-state index contributed by atoms with van der Waals surface area (Å²) < 4.78 is 0. The van der Waals surface area contributed by atoms with Crippen molar-refractivity contribution in [1.82, 2.24) is 0 Å². The highest BCUT2D eigenvalue weighted by molar-refractivity contribution is 5.92. The quantitative estimate of drug-likeness (QED) is 0.620. The third kappa shape index (κ3) is 4.11. The average Bonchev–Trinajstić information content (AvgIpc) is 2.45. The van der Waals surface area contributed by atoms with Gasteiger partial charge in [-0.3, -0.25) is 5.41 Å². The van der Waals surface area contributed by atoms with Crippen molar-refractivity contribution in [3.05, 3.63) is 77.4 Å². The Morgan fingerprint density at radius 1 is 0.947 bits per heavy atom. The molecule has 0 saturated carbocycles. The molecule has 0 bridgehead atoms. The van der Waals surface area contributed by atoms with E-state index in [1.54, 1.807) is 6.08 Å². The third-order valence-corrected chi connectivity index (χ3v) is 3.02. The first-order valence-electron chi connectivity index (χ1n) is 6.39. The number of amidine groups is 1. The molecule has 2 heteroatoms. The van der Waals surface area contributed by atoms with Crippen LogP contribution in [0.2, 0.25) is 0 Å². The van der Waals surface area contributed by atoms with E-state index >= 15 is 0 Å². The molecule has 2 aromatic rings. The van der Waals surface area contributed by atoms with Crippen molar-refractivity contribution < 1.29 is 0 Å². The number of nitrogens with one attached hydrogen (secondary N) is 1. The highest BCUT2D eigenvalue weighted by atomic mass is 14.7. The van der Waals surface area contributed by atoms with Crippen LogP contribution >= 0.6 is 0 Å². The molecular weight excluding hydrogens is 232 g/mol. The number of aryl methyl sites for hydroxylation is 2. The molecule has 0 aromatic heterocycles. The van der Waals surface area contributed by atoms with E-state index in [-0.39, 0.29) is 5.84 Å². The zero-order valence-corrected chi connectivity index (χ0v) is 10.8. The number of hydrogen-bond donors (Lipinski definition) is 2. The molecule has 0 atom stereocenters. The summed E-state index contributed by atoms with van der Waals surface area (Å²) in [7, 11) is 0. The highest BCUT2D eigenvalue weighted by Crippen LogP contribution is 2.14. The predicted octanol–water partition coefficient (Wildman–Crippen LogP) is 3.42. The van der Waals surface area contributed by atoms with Crippen molar-refractivity contribution in [3.63, 3.8) is 0 Å². The van der Waals surface area contributed by atoms with Crippen molar-refractivity contribution in [1.29, 1.82) is 5.41 Å². The second-order valence-electron chi connectivity index (χ2n) is 4.47. The van der Waals surface area contributed by atoms with E-state index in [1.807, 2.05) is 24.3 Å². The topological polar surface area (TPSA) is 49.9 Å². The molecule has 0 radical (unpaired) electrons. The van der Waals surface area contributed by atoms with Crippen LogP contribution in [0.5, 0.6) is 0 Å². The van der Waals surface area contributed by atoms with Crippen LogP contribution in [0, 0.1) is 5.41 Å². The van der Waals surface area contributed by atoms with E-state index in [0.29, 0.717) is 0 Å². The standard InChI is InChI=1S/C17H18N2/c18-17(19)13-12-16-9-5-4-8-15(16)11-10-14-6-2-1-3-7-14/h1-9,12-13H,10-11H2,(H3,18,19)/b13-12+. The fraction of sp³-hybridized carbons (Fsp3) is 0.118. The molecule has 0 fully saturated rings. The molecule has 0 spiro atoms. The first-order valence-corrected chi connectivity index (χ1v) is 6.39. The Morgan fingerprint density at radius 3 is 2.37 bits per heavy atom. The van der Waals surface area contributed by atoms with Crippen molar-refractivity contribution in [2.24, 2.45) is 5.73 Å². The first-order chi connectivity index (χ1) is 9.25. The summed E-state index contributed by atoms with van der Waals surface area (Å²) in [5, 5.41) is 7.24. The molecule has 0 aliphatic rings. The van der Waals surface area contributed by atoms with Gasteiger partial charge in [-0.1, -0.05) is 60.7 Å². The summed E-state index contributed by atoms with van der Waals surface area (Å²) in [5.41, 5.74) is 9.11. The predicted molar refractivity (Wildman–Crippen MR) is 81.2 cm³/mol. The van der Waals surface area contributed by atoms with Crippen LogP contribution in [0.15, 0.2) is 60.7 Å². The lowest BCUT2D eigenvalue weighted by Crippen LogP contribution is -2.04. The molecule has 0 unspecified atom stereocenters. The molecule has 2 nitrogen and oxygen atoms in total. The van der Waals surface area contributed by atoms with Crippen molar-refractivity contribution in [3.8, 4) is 0 Å². The summed E-state index contributed by atoms with van der Waals surface area (Å²) in [6.45, 7) is 0. The van der Waals surface area contributed by atoms with Gasteiger partial charge in [-0.25, -0.2) is 0 Å². The van der Waals surface area contributed by atoms with Gasteiger partial charge in [-0.15, -0.1) is 0 Å². The summed E-state index contributed by atoms with van der Waals surface area (Å²) in [5.74, 6) is 0.0814. The molecule has 3 N–H and O–H groups in total. The van der Waals surface area contributed by atoms with Crippen LogP contribution in [0.1, 0.15) is 16.7 Å². The maximum atomic E-state index is 7.24. The van der Waals surface area contributed by atoms with Gasteiger partial charge in [0.25, 0.3) is 0 Å². The Labute approximate surface area is 114 Å². The van der Waals surface area contributed by atoms with Gasteiger partial charge in [-0.05, 0) is 35.6 Å². The van der Waals surface area contributed by atoms with Gasteiger partial charge in [0, 0.05) is 0 Å². The number of nitrogens with two attached hydrogens (primary N) is 1. The number of hydrogen-bond acceptors (Lipinski definition) is 1. The normalized spacial score (nSPS) is 10.7. The summed E-state index contributed by atoms with van der Waals surface area (Å²) in [6.07, 6.45) is 5.54. The van der Waals surface area contributed by atoms with E-state index < -0.39 is 0 Å². The van der Waals surface area contributed by atoms with E-state index in [4.69, 9.17) is 11.1 Å². The second-order valence-corrected chi connectivity index (χ2v) is 4.47. The Morgan fingerprint density at radius 2 is 1.63 bits per heavy atom. The van der Waals surface area contributed by atoms with Crippen molar-refractivity contribution >= 4 is 11.9 Å². The molecule has 2 aromatic carbocycles. The van der Waals surface area contributed by atoms with Crippen LogP contribution in [0.3, 0.4) is 0 Å². The third-order valence-electron chi connectivity index (χ3n) is 3.02. The van der Waals surface area contributed by atoms with E-state index in [0.717, 1.165) is 18.4 Å². The van der Waals surface area contributed by atoms with Crippen LogP contribution < -0.4 is 5.73 Å². The monoisotopic (exact) mass is 250 g/mol. The molecule has 96 valence electrons. The van der Waals surface area contributed by atoms with E-state index in [1.165, 1.54) is 11.1 Å². The SMILES string of the molecule is N=C(N)/C=C/c1ccccc1CCc1ccccc1. The Kier molecular flexibility index (Phi) is 4.51. The minimum atomic E-state index is 0.0814. The van der Waals surface area contributed by atoms with Gasteiger partial charge in [-0.2, -0.15) is 0 Å². The Bertz CT molecular complexity index is 571. The zero-order valence-electron chi connectivity index (χ0n) is 10.8. The van der Waals surface area contributed by atoms with Crippen molar-refractivity contribution in [2.75, 3.05) is 0 Å². The van der Waals surface area contributed by atoms with Gasteiger partial charge in [0.15, 0.2) is 0 Å². The second kappa shape index (κ2) is 6.55. The fourth-order valence-electron chi connectivity index (χ4n) is 2.03. The summed E-state index contributed by atoms with van der Waals surface area (Å²) in [6, 6.07) is 18.7. The van der Waals surface area contributed by atoms with E-state index in [2.05, 4.69) is 36.4 Å². The molecule has 0 heterocycles. The van der Waals surface area contributed by atoms with Crippen molar-refractivity contribution in [2.45, 2.75) is 12.8 Å². The van der Waals surface area contributed by atoms with Crippen LogP contribution in [-0.2, 0) is 12.8 Å². The molecular formula is C17H18N2. The largest absolute Gasteiger partial charge is 0.384 e. The number of benzene rings is 2. The lowest BCUT2D eigenvalue weighted by molar-refractivity contribution is 0.957. The van der Waals surface area contributed by atoms with E-state index in [9.17, 15) is 0 Å². The number of rotatable bonds is 5. The summed E-state index contributed by atoms with van der Waals surface area (Å²) in [4.78, 5) is 0. The first kappa shape index (κ1) is 13.1. The van der Waals surface area contributed by atoms with Gasteiger partial charge in [0.2, 0.25) is 0 Å². The maximum absolute atomic E-state index is 7.24. The zero-order chi connectivity index (χ0) is 13.5. The molecule has 2 rings (SSSR count). The molecule has 0 aliphatic carbocycles. The van der Waals surface area contributed by atoms with Crippen LogP contribution in [-0.4, -0.2) is 5.84 Å². The van der Waals surface area contributed by atoms with Crippen LogP contribution in [0.25, 0.3) is 6.08 Å². The van der Waals surface area contributed by atoms with Gasteiger partial charge in [0.05, 0.1) is 0 Å². The highest BCUT2D eigenvalue weighted by Gasteiger charge is 1.99. The smallest absolute Gasteiger partial charge is 0.115 e. The van der Waals surface area contributed by atoms with Gasteiger partial charge >= 0.3 is 0 Å². The minimum absolute atomic E-state index is 0.0814. The lowest BCUT2D eigenvalue weighted by atomic mass is 9.99. The van der Waals surface area contributed by atoms with Crippen LogP contribution in [0.4, 0.5) is 0 Å². The molecule has 0 amide bonds. The lowest BCUT2D eigenvalue weighted by Gasteiger charge is -2.06. The molecule has 0 aliphatic heterocycles. The molecule has 0 saturated heterocycles.